The number of nitrogens with one attached hydrogen (secondary N) is 1. The van der Waals surface area contributed by atoms with Gasteiger partial charge >= 0.3 is 0 Å². The first-order chi connectivity index (χ1) is 8.60. The van der Waals surface area contributed by atoms with E-state index < -0.39 is 0 Å². The maximum atomic E-state index is 13.5. The zero-order chi connectivity index (χ0) is 13.1. The molecule has 2 nitrogen and oxygen atoms in total. The molecule has 1 N–H and O–H groups in total. The highest BCUT2D eigenvalue weighted by Crippen LogP contribution is 2.23. The van der Waals surface area contributed by atoms with Crippen LogP contribution in [-0.4, -0.2) is 12.0 Å². The number of hydrogen-bond acceptors (Lipinski definition) is 2. The maximum Gasteiger partial charge on any atom is 0.123 e. The number of hydrogen-bond donors (Lipinski definition) is 1. The average molecular weight is 244 g/mol. The Bertz CT molecular complexity index is 514. The average Bonchev–Trinajstić information content (AvgIpc) is 2.31. The fourth-order valence-electron chi connectivity index (χ4n) is 2.11. The molecule has 0 amide bonds. The van der Waals surface area contributed by atoms with Crippen molar-refractivity contribution in [1.82, 2.24) is 10.3 Å². The zero-order valence-electron chi connectivity index (χ0n) is 10.9. The molecule has 1 atom stereocenters. The van der Waals surface area contributed by atoms with Crippen molar-refractivity contribution in [3.63, 3.8) is 0 Å². The Balaban J connectivity index is 2.41. The molecule has 94 valence electrons. The van der Waals surface area contributed by atoms with Crippen LogP contribution in [0, 0.1) is 19.7 Å². The number of nitrogens with zero attached hydrogens (tertiary/aromatic N) is 1. The number of aromatic nitrogens is 1. The molecule has 1 aromatic carbocycles. The molecule has 1 unspecified atom stereocenters. The van der Waals surface area contributed by atoms with E-state index in [1.165, 1.54) is 6.07 Å². The SMILES string of the molecule is CNC(c1ccc(C)nc1)c1cc(C)cc(F)c1. The van der Waals surface area contributed by atoms with Gasteiger partial charge in [0.1, 0.15) is 5.82 Å². The number of halogens is 1. The molecule has 0 saturated carbocycles. The van der Waals surface area contributed by atoms with Crippen molar-refractivity contribution in [3.8, 4) is 0 Å². The van der Waals surface area contributed by atoms with Crippen LogP contribution in [0.2, 0.25) is 0 Å². The fourth-order valence-corrected chi connectivity index (χ4v) is 2.11. The molecule has 0 bridgehead atoms. The lowest BCUT2D eigenvalue weighted by molar-refractivity contribution is 0.615. The van der Waals surface area contributed by atoms with Crippen molar-refractivity contribution in [2.45, 2.75) is 19.9 Å². The van der Waals surface area contributed by atoms with Gasteiger partial charge in [-0.2, -0.15) is 0 Å². The predicted molar refractivity (Wildman–Crippen MR) is 71.0 cm³/mol. The molecular weight excluding hydrogens is 227 g/mol. The van der Waals surface area contributed by atoms with E-state index in [-0.39, 0.29) is 11.9 Å². The van der Waals surface area contributed by atoms with Gasteiger partial charge in [0.2, 0.25) is 0 Å². The Labute approximate surface area is 107 Å². The third-order valence-electron chi connectivity index (χ3n) is 2.95. The lowest BCUT2D eigenvalue weighted by Gasteiger charge is -2.17. The first-order valence-corrected chi connectivity index (χ1v) is 5.97. The topological polar surface area (TPSA) is 24.9 Å². The molecule has 3 heteroatoms. The normalized spacial score (nSPS) is 12.4. The lowest BCUT2D eigenvalue weighted by Crippen LogP contribution is -2.18. The standard InChI is InChI=1S/C15H17FN2/c1-10-6-13(8-14(16)7-10)15(17-3)12-5-4-11(2)18-9-12/h4-9,15,17H,1-3H3. The first kappa shape index (κ1) is 12.7. The second-order valence-electron chi connectivity index (χ2n) is 4.52. The second-order valence-corrected chi connectivity index (χ2v) is 4.52. The van der Waals surface area contributed by atoms with E-state index in [1.807, 2.05) is 45.3 Å². The number of benzene rings is 1. The van der Waals surface area contributed by atoms with Crippen molar-refractivity contribution in [3.05, 3.63) is 64.7 Å². The van der Waals surface area contributed by atoms with Gasteiger partial charge in [0.05, 0.1) is 6.04 Å². The van der Waals surface area contributed by atoms with E-state index in [0.29, 0.717) is 0 Å². The van der Waals surface area contributed by atoms with E-state index in [9.17, 15) is 4.39 Å². The Morgan fingerprint density at radius 1 is 1.11 bits per heavy atom. The van der Waals surface area contributed by atoms with Gasteiger partial charge in [0, 0.05) is 11.9 Å². The van der Waals surface area contributed by atoms with E-state index in [2.05, 4.69) is 10.3 Å². The van der Waals surface area contributed by atoms with Gasteiger partial charge in [-0.1, -0.05) is 12.1 Å². The van der Waals surface area contributed by atoms with Gasteiger partial charge < -0.3 is 5.32 Å². The molecule has 2 aromatic rings. The van der Waals surface area contributed by atoms with Gasteiger partial charge in [-0.3, -0.25) is 4.98 Å². The zero-order valence-corrected chi connectivity index (χ0v) is 10.9. The van der Waals surface area contributed by atoms with Crippen molar-refractivity contribution in [2.75, 3.05) is 7.05 Å². The first-order valence-electron chi connectivity index (χ1n) is 5.97. The number of rotatable bonds is 3. The summed E-state index contributed by atoms with van der Waals surface area (Å²) in [5.41, 5.74) is 3.85. The van der Waals surface area contributed by atoms with Gasteiger partial charge in [-0.05, 0) is 55.8 Å². The number of aryl methyl sites for hydroxylation is 2. The lowest BCUT2D eigenvalue weighted by atomic mass is 9.98. The molecule has 0 aliphatic carbocycles. The van der Waals surface area contributed by atoms with Crippen molar-refractivity contribution >= 4 is 0 Å². The summed E-state index contributed by atoms with van der Waals surface area (Å²) in [6.07, 6.45) is 1.83. The van der Waals surface area contributed by atoms with Gasteiger partial charge in [-0.25, -0.2) is 4.39 Å². The molecule has 0 aliphatic heterocycles. The molecule has 1 aromatic heterocycles. The molecule has 0 aliphatic rings. The molecule has 18 heavy (non-hydrogen) atoms. The minimum atomic E-state index is -0.203. The van der Waals surface area contributed by atoms with E-state index in [0.717, 1.165) is 22.4 Å². The number of pyridine rings is 1. The summed E-state index contributed by atoms with van der Waals surface area (Å²) in [5, 5.41) is 3.20. The van der Waals surface area contributed by atoms with E-state index in [4.69, 9.17) is 0 Å². The Kier molecular flexibility index (Phi) is 3.72. The van der Waals surface area contributed by atoms with Crippen LogP contribution >= 0.6 is 0 Å². The van der Waals surface area contributed by atoms with Gasteiger partial charge in [0.15, 0.2) is 0 Å². The van der Waals surface area contributed by atoms with Crippen molar-refractivity contribution < 1.29 is 4.39 Å². The molecule has 2 rings (SSSR count). The minimum Gasteiger partial charge on any atom is -0.309 e. The molecule has 0 fully saturated rings. The highest BCUT2D eigenvalue weighted by molar-refractivity contribution is 5.33. The smallest absolute Gasteiger partial charge is 0.123 e. The molecule has 0 saturated heterocycles. The van der Waals surface area contributed by atoms with Gasteiger partial charge in [-0.15, -0.1) is 0 Å². The van der Waals surface area contributed by atoms with Gasteiger partial charge in [0.25, 0.3) is 0 Å². The monoisotopic (exact) mass is 244 g/mol. The molecule has 0 spiro atoms. The minimum absolute atomic E-state index is 0.0347. The highest BCUT2D eigenvalue weighted by atomic mass is 19.1. The third kappa shape index (κ3) is 2.74. The Morgan fingerprint density at radius 2 is 1.89 bits per heavy atom. The predicted octanol–water partition coefficient (Wildman–Crippen LogP) is 3.15. The van der Waals surface area contributed by atoms with Crippen LogP contribution in [0.5, 0.6) is 0 Å². The molecule has 0 radical (unpaired) electrons. The van der Waals surface area contributed by atoms with Crippen LogP contribution < -0.4 is 5.32 Å². The van der Waals surface area contributed by atoms with Crippen LogP contribution in [0.3, 0.4) is 0 Å². The second kappa shape index (κ2) is 5.27. The summed E-state index contributed by atoms with van der Waals surface area (Å²) in [6, 6.07) is 9.03. The maximum absolute atomic E-state index is 13.5. The summed E-state index contributed by atoms with van der Waals surface area (Å²) in [4.78, 5) is 4.28. The van der Waals surface area contributed by atoms with Crippen LogP contribution in [0.15, 0.2) is 36.5 Å². The van der Waals surface area contributed by atoms with Crippen LogP contribution in [-0.2, 0) is 0 Å². The quantitative estimate of drug-likeness (QED) is 0.897. The van der Waals surface area contributed by atoms with E-state index >= 15 is 0 Å². The summed E-state index contributed by atoms with van der Waals surface area (Å²) in [6.45, 7) is 3.84. The van der Waals surface area contributed by atoms with E-state index in [1.54, 1.807) is 6.07 Å². The van der Waals surface area contributed by atoms with Crippen LogP contribution in [0.25, 0.3) is 0 Å². The van der Waals surface area contributed by atoms with Crippen LogP contribution in [0.1, 0.15) is 28.4 Å². The van der Waals surface area contributed by atoms with Crippen LogP contribution in [0.4, 0.5) is 4.39 Å². The summed E-state index contributed by atoms with van der Waals surface area (Å²) in [5.74, 6) is -0.203. The third-order valence-corrected chi connectivity index (χ3v) is 2.95. The Morgan fingerprint density at radius 3 is 2.44 bits per heavy atom. The summed E-state index contributed by atoms with van der Waals surface area (Å²) in [7, 11) is 1.87. The van der Waals surface area contributed by atoms with Crippen molar-refractivity contribution in [2.24, 2.45) is 0 Å². The summed E-state index contributed by atoms with van der Waals surface area (Å²) >= 11 is 0. The molecular formula is C15H17FN2. The van der Waals surface area contributed by atoms with Crippen molar-refractivity contribution in [1.29, 1.82) is 0 Å². The Hall–Kier alpha value is -1.74. The molecule has 1 heterocycles. The fraction of sp³-hybridized carbons (Fsp3) is 0.267. The largest absolute Gasteiger partial charge is 0.309 e. The summed E-state index contributed by atoms with van der Waals surface area (Å²) < 4.78 is 13.5. The highest BCUT2D eigenvalue weighted by Gasteiger charge is 2.13.